The van der Waals surface area contributed by atoms with Gasteiger partial charge in [-0.05, 0) is 25.1 Å². The van der Waals surface area contributed by atoms with Gasteiger partial charge in [0.15, 0.2) is 23.5 Å². The van der Waals surface area contributed by atoms with Crippen LogP contribution in [0.2, 0.25) is 0 Å². The molecular formula is C37H50O16. The number of hydrogen-bond acceptors (Lipinski definition) is 16. The molecule has 2 aromatic carbocycles. The van der Waals surface area contributed by atoms with Crippen molar-refractivity contribution in [3.8, 4) is 40.1 Å². The van der Waals surface area contributed by atoms with Crippen LogP contribution in [0.3, 0.4) is 0 Å². The van der Waals surface area contributed by atoms with E-state index in [1.807, 2.05) is 6.92 Å². The molecule has 0 spiro atoms. The predicted octanol–water partition coefficient (Wildman–Crippen LogP) is 3.45. The van der Waals surface area contributed by atoms with Crippen molar-refractivity contribution in [1.82, 2.24) is 0 Å². The van der Waals surface area contributed by atoms with E-state index in [4.69, 9.17) is 70.7 Å². The Hall–Kier alpha value is -3.71. The number of methoxy groups -OCH3 is 10. The molecule has 0 radical (unpaired) electrons. The molecule has 0 saturated carbocycles. The molecule has 2 fully saturated rings. The van der Waals surface area contributed by atoms with Crippen molar-refractivity contribution in [2.24, 2.45) is 0 Å². The van der Waals surface area contributed by atoms with Crippen LogP contribution in [0.5, 0.6) is 28.7 Å². The summed E-state index contributed by atoms with van der Waals surface area (Å²) < 4.78 is 88.9. The van der Waals surface area contributed by atoms with E-state index in [1.54, 1.807) is 51.7 Å². The highest BCUT2D eigenvalue weighted by Gasteiger charge is 2.51. The van der Waals surface area contributed by atoms with Crippen molar-refractivity contribution in [2.45, 2.75) is 68.3 Å². The predicted molar refractivity (Wildman–Crippen MR) is 188 cm³/mol. The highest BCUT2D eigenvalue weighted by atomic mass is 16.8. The third-order valence-electron chi connectivity index (χ3n) is 9.60. The van der Waals surface area contributed by atoms with Gasteiger partial charge < -0.3 is 70.7 Å². The fourth-order valence-corrected chi connectivity index (χ4v) is 6.96. The van der Waals surface area contributed by atoms with Crippen LogP contribution in [0.4, 0.5) is 0 Å². The van der Waals surface area contributed by atoms with Gasteiger partial charge in [0.05, 0.1) is 41.2 Å². The molecule has 3 heterocycles. The fraction of sp³-hybridized carbons (Fsp3) is 0.595. The molecule has 0 unspecified atom stereocenters. The van der Waals surface area contributed by atoms with Crippen molar-refractivity contribution < 1.29 is 70.7 Å². The van der Waals surface area contributed by atoms with Crippen molar-refractivity contribution in [2.75, 3.05) is 77.7 Å². The van der Waals surface area contributed by atoms with Gasteiger partial charge in [0.2, 0.25) is 17.5 Å². The van der Waals surface area contributed by atoms with Crippen LogP contribution in [-0.2, 0) is 42.6 Å². The maximum Gasteiger partial charge on any atom is 0.239 e. The summed E-state index contributed by atoms with van der Waals surface area (Å²) in [6, 6.07) is 8.22. The number of benzene rings is 2. The van der Waals surface area contributed by atoms with Gasteiger partial charge in [0, 0.05) is 60.4 Å². The van der Waals surface area contributed by atoms with E-state index >= 15 is 0 Å². The smallest absolute Gasteiger partial charge is 0.239 e. The number of rotatable bonds is 16. The van der Waals surface area contributed by atoms with E-state index in [-0.39, 0.29) is 40.9 Å². The first kappa shape index (κ1) is 40.5. The van der Waals surface area contributed by atoms with E-state index in [2.05, 4.69) is 0 Å². The van der Waals surface area contributed by atoms with Crippen LogP contribution >= 0.6 is 0 Å². The van der Waals surface area contributed by atoms with Gasteiger partial charge in [-0.1, -0.05) is 0 Å². The third-order valence-corrected chi connectivity index (χ3v) is 9.60. The largest absolute Gasteiger partial charge is 0.496 e. The lowest BCUT2D eigenvalue weighted by Crippen LogP contribution is -2.63. The summed E-state index contributed by atoms with van der Waals surface area (Å²) in [7, 11) is 15.2. The summed E-state index contributed by atoms with van der Waals surface area (Å²) in [5, 5.41) is 0.117. The molecule has 0 N–H and O–H groups in total. The minimum absolute atomic E-state index is 0.0670. The monoisotopic (exact) mass is 760 g/mol. The van der Waals surface area contributed by atoms with Crippen LogP contribution in [0.1, 0.15) is 6.92 Å². The van der Waals surface area contributed by atoms with Crippen LogP contribution in [-0.4, -0.2) is 139 Å². The Kier molecular flexibility index (Phi) is 13.8. The van der Waals surface area contributed by atoms with Crippen LogP contribution in [0.15, 0.2) is 39.5 Å². The Morgan fingerprint density at radius 3 is 1.79 bits per heavy atom. The van der Waals surface area contributed by atoms with Crippen LogP contribution < -0.4 is 29.1 Å². The minimum atomic E-state index is -1.25. The van der Waals surface area contributed by atoms with Gasteiger partial charge in [0.25, 0.3) is 0 Å². The molecular weight excluding hydrogens is 710 g/mol. The zero-order valence-corrected chi connectivity index (χ0v) is 31.9. The summed E-state index contributed by atoms with van der Waals surface area (Å²) in [6.07, 6.45) is -7.18. The molecule has 0 aliphatic carbocycles. The summed E-state index contributed by atoms with van der Waals surface area (Å²) >= 11 is 0. The average molecular weight is 761 g/mol. The summed E-state index contributed by atoms with van der Waals surface area (Å²) in [5.41, 5.74) is 0.0870. The van der Waals surface area contributed by atoms with Crippen LogP contribution in [0, 0.1) is 0 Å². The molecule has 0 bridgehead atoms. The Morgan fingerprint density at radius 1 is 0.604 bits per heavy atom. The molecule has 2 aliphatic rings. The van der Waals surface area contributed by atoms with Crippen molar-refractivity contribution in [3.05, 3.63) is 40.6 Å². The second kappa shape index (κ2) is 18.1. The lowest BCUT2D eigenvalue weighted by molar-refractivity contribution is -0.329. The summed E-state index contributed by atoms with van der Waals surface area (Å²) in [6.45, 7) is 1.80. The van der Waals surface area contributed by atoms with Crippen molar-refractivity contribution in [3.63, 3.8) is 0 Å². The molecule has 2 saturated heterocycles. The molecule has 53 heavy (non-hydrogen) atoms. The lowest BCUT2D eigenvalue weighted by Gasteiger charge is -2.46. The molecule has 10 atom stereocenters. The van der Waals surface area contributed by atoms with Gasteiger partial charge in [-0.3, -0.25) is 4.79 Å². The normalized spacial score (nSPS) is 28.8. The van der Waals surface area contributed by atoms with Crippen molar-refractivity contribution >= 4 is 11.0 Å². The van der Waals surface area contributed by atoms with Gasteiger partial charge in [-0.25, -0.2) is 0 Å². The first-order valence-electron chi connectivity index (χ1n) is 16.9. The molecule has 3 aromatic rings. The van der Waals surface area contributed by atoms with E-state index in [0.717, 1.165) is 0 Å². The Bertz CT molecular complexity index is 1710. The van der Waals surface area contributed by atoms with Crippen molar-refractivity contribution in [1.29, 1.82) is 0 Å². The second-order valence-corrected chi connectivity index (χ2v) is 12.3. The molecule has 5 rings (SSSR count). The van der Waals surface area contributed by atoms with E-state index in [9.17, 15) is 4.79 Å². The summed E-state index contributed by atoms with van der Waals surface area (Å²) in [5.74, 6) is 1.37. The molecule has 2 aliphatic heterocycles. The maximum atomic E-state index is 14.6. The molecule has 0 amide bonds. The van der Waals surface area contributed by atoms with Gasteiger partial charge in [0.1, 0.15) is 65.2 Å². The van der Waals surface area contributed by atoms with Gasteiger partial charge in [-0.2, -0.15) is 0 Å². The first-order chi connectivity index (χ1) is 25.7. The molecule has 16 heteroatoms. The Balaban J connectivity index is 1.57. The Labute approximate surface area is 308 Å². The quantitative estimate of drug-likeness (QED) is 0.195. The van der Waals surface area contributed by atoms with Crippen LogP contribution in [0.25, 0.3) is 22.3 Å². The van der Waals surface area contributed by atoms with Gasteiger partial charge in [-0.15, -0.1) is 0 Å². The zero-order chi connectivity index (χ0) is 38.4. The first-order valence-corrected chi connectivity index (χ1v) is 16.9. The second-order valence-electron chi connectivity index (χ2n) is 12.3. The summed E-state index contributed by atoms with van der Waals surface area (Å²) in [4.78, 5) is 14.6. The topological polar surface area (TPSA) is 159 Å². The SMILES string of the molecule is C[C@@H]1O[C@@H](OC[C@H]2O[C@@H](Oc3c(-c4ccc(O[13CH3])c(O[13CH3])c4)oc4cc(O[13CH3])cc(O[13CH3])c4c3=O)[C@H](O[13CH3])[C@@H](O[13CH3])[C@@H]2O[13CH3])[C@H](O[13CH3])[C@H](O[13CH3])[C@H]1O[13CH3]. The molecule has 294 valence electrons. The maximum absolute atomic E-state index is 14.6. The Morgan fingerprint density at radius 2 is 1.21 bits per heavy atom. The zero-order valence-electron chi connectivity index (χ0n) is 31.9. The fourth-order valence-electron chi connectivity index (χ4n) is 6.96. The minimum Gasteiger partial charge on any atom is -0.496 e. The highest BCUT2D eigenvalue weighted by Crippen LogP contribution is 2.41. The average Bonchev–Trinajstić information content (AvgIpc) is 3.19. The number of fused-ring (bicyclic) bond motifs is 1. The number of ether oxygens (including phenoxy) is 14. The molecule has 1 aromatic heterocycles. The highest BCUT2D eigenvalue weighted by molar-refractivity contribution is 5.88. The third kappa shape index (κ3) is 7.92. The lowest BCUT2D eigenvalue weighted by atomic mass is 9.98. The molecule has 16 nitrogen and oxygen atoms in total. The standard InChI is InChI=1S/C37H50O16/c1-18-28(43-6)32(45-8)34(47-10)36(50-18)49-17-25-30(44-7)33(46-9)35(48-11)37(52-25)53-31-27(38)26-23(42-5)15-20(39-2)16-24(26)51-29(31)19-12-13-21(40-3)22(14-19)41-4/h12-16,18,25,28,30,32-37H,17H2,1-11H3/t18-,25+,28-,30+,32+,33-,34+,35+,36+,37-/m0/s1/i2+1,3+1,4+1,5+1,6+1,7+1,8+1,9+1,10+1,11+1. The van der Waals surface area contributed by atoms with Gasteiger partial charge >= 0.3 is 0 Å². The van der Waals surface area contributed by atoms with E-state index in [0.29, 0.717) is 22.8 Å². The van der Waals surface area contributed by atoms with E-state index in [1.165, 1.54) is 49.8 Å². The number of hydrogen-bond donors (Lipinski definition) is 0. The van der Waals surface area contributed by atoms with E-state index < -0.39 is 60.7 Å².